The van der Waals surface area contributed by atoms with Gasteiger partial charge in [0.2, 0.25) is 11.8 Å². The predicted molar refractivity (Wildman–Crippen MR) is 119 cm³/mol. The summed E-state index contributed by atoms with van der Waals surface area (Å²) in [6.07, 6.45) is 0.717. The number of esters is 1. The molecule has 0 saturated carbocycles. The van der Waals surface area contributed by atoms with Crippen molar-refractivity contribution in [2.75, 3.05) is 19.7 Å². The third-order valence-electron chi connectivity index (χ3n) is 4.89. The van der Waals surface area contributed by atoms with E-state index >= 15 is 0 Å². The number of amides is 3. The molecule has 0 radical (unpaired) electrons. The molecule has 33 heavy (non-hydrogen) atoms. The number of likely N-dealkylation sites (tertiary alicyclic amines) is 1. The van der Waals surface area contributed by atoms with Crippen LogP contribution in [-0.2, 0) is 30.3 Å². The molecule has 0 aromatic heterocycles. The van der Waals surface area contributed by atoms with Crippen molar-refractivity contribution in [2.45, 2.75) is 64.6 Å². The number of phenolic OH excluding ortho intramolecular Hbond substituents is 1. The first kappa shape index (κ1) is 26.0. The zero-order valence-electron chi connectivity index (χ0n) is 19.6. The lowest BCUT2D eigenvalue weighted by atomic mass is 10.1. The van der Waals surface area contributed by atoms with Crippen LogP contribution in [0.2, 0.25) is 0 Å². The smallest absolute Gasteiger partial charge is 0.410 e. The van der Waals surface area contributed by atoms with Crippen molar-refractivity contribution in [3.63, 3.8) is 0 Å². The minimum atomic E-state index is -0.955. The zero-order valence-corrected chi connectivity index (χ0v) is 19.6. The van der Waals surface area contributed by atoms with Gasteiger partial charge in [-0.15, -0.1) is 0 Å². The topological polar surface area (TPSA) is 134 Å². The van der Waals surface area contributed by atoms with Gasteiger partial charge in [0.15, 0.2) is 0 Å². The number of benzene rings is 1. The molecule has 0 unspecified atom stereocenters. The van der Waals surface area contributed by atoms with Gasteiger partial charge in [-0.05, 0) is 58.2 Å². The summed E-state index contributed by atoms with van der Waals surface area (Å²) in [7, 11) is 0. The molecule has 1 aliphatic heterocycles. The summed E-state index contributed by atoms with van der Waals surface area (Å²) in [5, 5.41) is 14.5. The highest BCUT2D eigenvalue weighted by atomic mass is 16.6. The van der Waals surface area contributed by atoms with Crippen LogP contribution in [0.5, 0.6) is 5.75 Å². The van der Waals surface area contributed by atoms with Crippen LogP contribution in [0.3, 0.4) is 0 Å². The maximum absolute atomic E-state index is 12.6. The summed E-state index contributed by atoms with van der Waals surface area (Å²) in [5.41, 5.74) is 0.0364. The van der Waals surface area contributed by atoms with Gasteiger partial charge in [0, 0.05) is 13.0 Å². The molecule has 1 fully saturated rings. The van der Waals surface area contributed by atoms with E-state index in [-0.39, 0.29) is 25.3 Å². The molecule has 1 aromatic rings. The van der Waals surface area contributed by atoms with E-state index in [1.807, 2.05) is 0 Å². The van der Waals surface area contributed by atoms with Gasteiger partial charge >= 0.3 is 12.1 Å². The van der Waals surface area contributed by atoms with Crippen molar-refractivity contribution >= 4 is 23.9 Å². The molecule has 3 N–H and O–H groups in total. The van der Waals surface area contributed by atoms with Crippen LogP contribution in [0.1, 0.15) is 46.1 Å². The second-order valence-electron chi connectivity index (χ2n) is 8.79. The van der Waals surface area contributed by atoms with Crippen molar-refractivity contribution in [2.24, 2.45) is 0 Å². The fourth-order valence-corrected chi connectivity index (χ4v) is 3.41. The highest BCUT2D eigenvalue weighted by molar-refractivity contribution is 5.91. The number of aromatic hydroxyl groups is 1. The quantitative estimate of drug-likeness (QED) is 0.497. The van der Waals surface area contributed by atoms with E-state index in [1.165, 1.54) is 17.0 Å². The minimum Gasteiger partial charge on any atom is -0.508 e. The molecule has 10 nitrogen and oxygen atoms in total. The molecule has 1 saturated heterocycles. The first-order chi connectivity index (χ1) is 15.5. The third kappa shape index (κ3) is 8.28. The van der Waals surface area contributed by atoms with Crippen LogP contribution in [0.4, 0.5) is 4.79 Å². The molecule has 1 heterocycles. The van der Waals surface area contributed by atoms with Crippen LogP contribution in [0.25, 0.3) is 0 Å². The molecule has 0 aliphatic carbocycles. The number of hydrogen-bond donors (Lipinski definition) is 3. The maximum Gasteiger partial charge on any atom is 0.410 e. The van der Waals surface area contributed by atoms with E-state index in [9.17, 15) is 24.3 Å². The number of carbonyl (C=O) groups is 4. The van der Waals surface area contributed by atoms with Gasteiger partial charge in [0.25, 0.3) is 0 Å². The van der Waals surface area contributed by atoms with E-state index in [1.54, 1.807) is 39.8 Å². The average molecular weight is 464 g/mol. The zero-order chi connectivity index (χ0) is 24.6. The van der Waals surface area contributed by atoms with Gasteiger partial charge < -0.3 is 25.2 Å². The van der Waals surface area contributed by atoms with Crippen LogP contribution in [0.15, 0.2) is 24.3 Å². The molecule has 0 bridgehead atoms. The van der Waals surface area contributed by atoms with Gasteiger partial charge in [-0.25, -0.2) is 9.59 Å². The Labute approximate surface area is 193 Å². The Balaban J connectivity index is 1.93. The molecule has 182 valence electrons. The van der Waals surface area contributed by atoms with E-state index in [2.05, 4.69) is 10.6 Å². The van der Waals surface area contributed by atoms with Crippen molar-refractivity contribution in [3.05, 3.63) is 29.8 Å². The highest BCUT2D eigenvalue weighted by Gasteiger charge is 2.36. The second-order valence-corrected chi connectivity index (χ2v) is 8.79. The molecule has 2 atom stereocenters. The highest BCUT2D eigenvalue weighted by Crippen LogP contribution is 2.21. The Hall–Kier alpha value is -3.30. The third-order valence-corrected chi connectivity index (χ3v) is 4.89. The minimum absolute atomic E-state index is 0.0884. The summed E-state index contributed by atoms with van der Waals surface area (Å²) in [5.74, 6) is -1.54. The van der Waals surface area contributed by atoms with Gasteiger partial charge in [0.1, 0.15) is 23.4 Å². The summed E-state index contributed by atoms with van der Waals surface area (Å²) in [4.78, 5) is 51.1. The van der Waals surface area contributed by atoms with Gasteiger partial charge in [0.05, 0.1) is 13.2 Å². The van der Waals surface area contributed by atoms with Crippen LogP contribution >= 0.6 is 0 Å². The van der Waals surface area contributed by atoms with Gasteiger partial charge in [-0.1, -0.05) is 12.1 Å². The number of nitrogens with one attached hydrogen (secondary N) is 2. The van der Waals surface area contributed by atoms with Crippen molar-refractivity contribution < 1.29 is 33.8 Å². The Bertz CT molecular complexity index is 849. The standard InChI is InChI=1S/C23H33N3O7/c1-5-32-21(30)17(13-15-8-10-16(27)11-9-15)25-19(28)14-24-20(29)18-7-6-12-26(18)22(31)33-23(2,3)4/h8-11,17-18,27H,5-7,12-14H2,1-4H3,(H,24,29)(H,25,28)/t17-,18-/m0/s1. The Kier molecular flexibility index (Phi) is 9.07. The molecule has 1 aliphatic rings. The van der Waals surface area contributed by atoms with E-state index in [0.717, 1.165) is 0 Å². The van der Waals surface area contributed by atoms with Crippen LogP contribution in [0, 0.1) is 0 Å². The maximum atomic E-state index is 12.6. The van der Waals surface area contributed by atoms with Gasteiger partial charge in [-0.2, -0.15) is 0 Å². The summed E-state index contributed by atoms with van der Waals surface area (Å²) in [6.45, 7) is 7.10. The number of nitrogens with zero attached hydrogens (tertiary/aromatic N) is 1. The Morgan fingerprint density at radius 1 is 1.18 bits per heavy atom. The SMILES string of the molecule is CCOC(=O)[C@H](Cc1ccc(O)cc1)NC(=O)CNC(=O)[C@@H]1CCCN1C(=O)OC(C)(C)C. The number of carbonyl (C=O) groups excluding carboxylic acids is 4. The fraction of sp³-hybridized carbons (Fsp3) is 0.565. The summed E-state index contributed by atoms with van der Waals surface area (Å²) < 4.78 is 10.4. The number of rotatable bonds is 8. The fourth-order valence-electron chi connectivity index (χ4n) is 3.41. The molecule has 2 rings (SSSR count). The predicted octanol–water partition coefficient (Wildman–Crippen LogP) is 1.50. The number of hydrogen-bond acceptors (Lipinski definition) is 7. The molecule has 1 aromatic carbocycles. The first-order valence-corrected chi connectivity index (χ1v) is 11.0. The largest absolute Gasteiger partial charge is 0.508 e. The lowest BCUT2D eigenvalue weighted by molar-refractivity contribution is -0.147. The monoisotopic (exact) mass is 463 g/mol. The van der Waals surface area contributed by atoms with Crippen LogP contribution < -0.4 is 10.6 Å². The Morgan fingerprint density at radius 2 is 1.85 bits per heavy atom. The summed E-state index contributed by atoms with van der Waals surface area (Å²) >= 11 is 0. The average Bonchev–Trinajstić information content (AvgIpc) is 3.22. The second kappa shape index (κ2) is 11.5. The van der Waals surface area contributed by atoms with E-state index < -0.39 is 41.6 Å². The summed E-state index contributed by atoms with van der Waals surface area (Å²) in [6, 6.07) is 4.57. The normalized spacial score (nSPS) is 16.6. The molecule has 3 amide bonds. The molecular weight excluding hydrogens is 430 g/mol. The lowest BCUT2D eigenvalue weighted by Gasteiger charge is -2.28. The number of ether oxygens (including phenoxy) is 2. The van der Waals surface area contributed by atoms with Crippen LogP contribution in [-0.4, -0.2) is 71.3 Å². The van der Waals surface area contributed by atoms with E-state index in [4.69, 9.17) is 9.47 Å². The van der Waals surface area contributed by atoms with Crippen molar-refractivity contribution in [1.82, 2.24) is 15.5 Å². The number of phenols is 1. The first-order valence-electron chi connectivity index (χ1n) is 11.0. The molecule has 0 spiro atoms. The lowest BCUT2D eigenvalue weighted by Crippen LogP contribution is -2.51. The van der Waals surface area contributed by atoms with Crippen molar-refractivity contribution in [3.8, 4) is 5.75 Å². The Morgan fingerprint density at radius 3 is 2.45 bits per heavy atom. The van der Waals surface area contributed by atoms with Crippen molar-refractivity contribution in [1.29, 1.82) is 0 Å². The van der Waals surface area contributed by atoms with Gasteiger partial charge in [-0.3, -0.25) is 14.5 Å². The molecular formula is C23H33N3O7. The van der Waals surface area contributed by atoms with E-state index in [0.29, 0.717) is 24.9 Å². The molecule has 10 heteroatoms.